The third kappa shape index (κ3) is 3.77. The molecule has 0 bridgehead atoms. The summed E-state index contributed by atoms with van der Waals surface area (Å²) in [5, 5.41) is 0.0830. The van der Waals surface area contributed by atoms with Gasteiger partial charge in [-0.25, -0.2) is 8.42 Å². The van der Waals surface area contributed by atoms with E-state index >= 15 is 0 Å². The van der Waals surface area contributed by atoms with Crippen LogP contribution in [-0.2, 0) is 10.0 Å². The summed E-state index contributed by atoms with van der Waals surface area (Å²) in [6.45, 7) is 0. The predicted octanol–water partition coefficient (Wildman–Crippen LogP) is 4.37. The van der Waals surface area contributed by atoms with Crippen molar-refractivity contribution in [3.63, 3.8) is 0 Å². The largest absolute Gasteiger partial charge is 0.298 e. The Morgan fingerprint density at radius 3 is 2.52 bits per heavy atom. The molecular weight excluding hydrogens is 401 g/mol. The van der Waals surface area contributed by atoms with Gasteiger partial charge in [-0.15, -0.1) is 0 Å². The Kier molecular flexibility index (Phi) is 4.93. The Bertz CT molecular complexity index is 809. The highest BCUT2D eigenvalue weighted by Gasteiger charge is 2.19. The van der Waals surface area contributed by atoms with Crippen LogP contribution in [0.4, 0.5) is 5.69 Å². The molecule has 0 unspecified atom stereocenters. The molecule has 0 saturated heterocycles. The molecule has 2 aromatic carbocycles. The number of anilines is 1. The summed E-state index contributed by atoms with van der Waals surface area (Å²) in [5.41, 5.74) is 0.571. The van der Waals surface area contributed by atoms with E-state index in [1.165, 1.54) is 30.3 Å². The van der Waals surface area contributed by atoms with Gasteiger partial charge >= 0.3 is 0 Å². The number of sulfonamides is 1. The van der Waals surface area contributed by atoms with Crippen LogP contribution in [-0.4, -0.2) is 14.7 Å². The minimum Gasteiger partial charge on any atom is -0.298 e. The van der Waals surface area contributed by atoms with Gasteiger partial charge in [0.2, 0.25) is 0 Å². The highest BCUT2D eigenvalue weighted by atomic mass is 79.9. The molecule has 0 aromatic heterocycles. The summed E-state index contributed by atoms with van der Waals surface area (Å²) in [5.74, 6) is 0. The number of aldehydes is 1. The molecule has 1 N–H and O–H groups in total. The van der Waals surface area contributed by atoms with E-state index in [0.717, 1.165) is 0 Å². The molecule has 2 aromatic rings. The summed E-state index contributed by atoms with van der Waals surface area (Å²) in [7, 11) is -3.91. The van der Waals surface area contributed by atoms with Crippen LogP contribution < -0.4 is 4.72 Å². The minimum atomic E-state index is -3.91. The van der Waals surface area contributed by atoms with E-state index in [2.05, 4.69) is 20.7 Å². The topological polar surface area (TPSA) is 63.2 Å². The number of hydrogen-bond acceptors (Lipinski definition) is 3. The van der Waals surface area contributed by atoms with Gasteiger partial charge in [-0.05, 0) is 30.3 Å². The molecular formula is C13H8BrCl2NO3S. The molecule has 0 aliphatic carbocycles. The van der Waals surface area contributed by atoms with E-state index in [9.17, 15) is 13.2 Å². The van der Waals surface area contributed by atoms with E-state index in [-0.39, 0.29) is 20.6 Å². The lowest BCUT2D eigenvalue weighted by atomic mass is 10.2. The maximum absolute atomic E-state index is 12.3. The molecule has 0 saturated carbocycles. The first-order valence-corrected chi connectivity index (χ1v) is 8.59. The lowest BCUT2D eigenvalue weighted by Crippen LogP contribution is -2.13. The van der Waals surface area contributed by atoms with E-state index < -0.39 is 10.0 Å². The Labute approximate surface area is 140 Å². The fraction of sp³-hybridized carbons (Fsp3) is 0. The minimum absolute atomic E-state index is 0.0581. The number of hydrogen-bond donors (Lipinski definition) is 1. The number of rotatable bonds is 4. The molecule has 0 spiro atoms. The van der Waals surface area contributed by atoms with Crippen LogP contribution >= 0.6 is 39.1 Å². The fourth-order valence-electron chi connectivity index (χ4n) is 1.64. The normalized spacial score (nSPS) is 11.2. The monoisotopic (exact) mass is 407 g/mol. The first-order valence-electron chi connectivity index (χ1n) is 5.56. The van der Waals surface area contributed by atoms with Crippen molar-refractivity contribution in [3.8, 4) is 0 Å². The Hall–Kier alpha value is -1.08. The van der Waals surface area contributed by atoms with Gasteiger partial charge in [0, 0.05) is 10.0 Å². The summed E-state index contributed by atoms with van der Waals surface area (Å²) >= 11 is 14.9. The van der Waals surface area contributed by atoms with Gasteiger partial charge in [0.05, 0.1) is 15.7 Å². The molecule has 0 fully saturated rings. The molecule has 8 heteroatoms. The average molecular weight is 409 g/mol. The van der Waals surface area contributed by atoms with E-state index in [1.807, 2.05) is 0 Å². The van der Waals surface area contributed by atoms with Crippen molar-refractivity contribution in [2.24, 2.45) is 0 Å². The number of carbonyl (C=O) groups is 1. The van der Waals surface area contributed by atoms with Gasteiger partial charge < -0.3 is 0 Å². The third-order valence-corrected chi connectivity index (χ3v) is 5.33. The van der Waals surface area contributed by atoms with Gasteiger partial charge in [0.25, 0.3) is 10.0 Å². The molecule has 2 rings (SSSR count). The zero-order valence-corrected chi connectivity index (χ0v) is 14.2. The second-order valence-corrected chi connectivity index (χ2v) is 7.40. The second-order valence-electron chi connectivity index (χ2n) is 4.05. The van der Waals surface area contributed by atoms with Crippen LogP contribution in [0.3, 0.4) is 0 Å². The van der Waals surface area contributed by atoms with Crippen molar-refractivity contribution in [2.75, 3.05) is 4.72 Å². The Balaban J connectivity index is 2.44. The van der Waals surface area contributed by atoms with Gasteiger partial charge in [-0.3, -0.25) is 9.52 Å². The molecule has 0 atom stereocenters. The van der Waals surface area contributed by atoms with Gasteiger partial charge in [-0.2, -0.15) is 0 Å². The number of carbonyl (C=O) groups excluding carboxylic acids is 1. The molecule has 21 heavy (non-hydrogen) atoms. The SMILES string of the molecule is O=Cc1cc(Br)cc(NS(=O)(=O)c2cccc(Cl)c2Cl)c1. The summed E-state index contributed by atoms with van der Waals surface area (Å²) in [6.07, 6.45) is 0.620. The second kappa shape index (κ2) is 6.36. The lowest BCUT2D eigenvalue weighted by molar-refractivity contribution is 0.112. The van der Waals surface area contributed by atoms with Crippen molar-refractivity contribution >= 4 is 61.1 Å². The molecule has 4 nitrogen and oxygen atoms in total. The lowest BCUT2D eigenvalue weighted by Gasteiger charge is -2.11. The van der Waals surface area contributed by atoms with Crippen LogP contribution in [0.25, 0.3) is 0 Å². The average Bonchev–Trinajstić information content (AvgIpc) is 2.40. The van der Waals surface area contributed by atoms with Gasteiger partial charge in [0.15, 0.2) is 0 Å². The van der Waals surface area contributed by atoms with Crippen molar-refractivity contribution in [2.45, 2.75) is 4.90 Å². The number of benzene rings is 2. The molecule has 0 heterocycles. The van der Waals surface area contributed by atoms with Crippen LogP contribution in [0.5, 0.6) is 0 Å². The standard InChI is InChI=1S/C13H8BrCl2NO3S/c14-9-4-8(7-18)5-10(6-9)17-21(19,20)12-3-1-2-11(15)13(12)16/h1-7,17H. The Morgan fingerprint density at radius 2 is 1.86 bits per heavy atom. The summed E-state index contributed by atoms with van der Waals surface area (Å²) < 4.78 is 27.6. The Morgan fingerprint density at radius 1 is 1.14 bits per heavy atom. The summed E-state index contributed by atoms with van der Waals surface area (Å²) in [4.78, 5) is 10.7. The van der Waals surface area contributed by atoms with Crippen molar-refractivity contribution in [1.82, 2.24) is 0 Å². The maximum atomic E-state index is 12.3. The van der Waals surface area contributed by atoms with Crippen molar-refractivity contribution in [3.05, 3.63) is 56.5 Å². The van der Waals surface area contributed by atoms with E-state index in [1.54, 1.807) is 6.07 Å². The zero-order chi connectivity index (χ0) is 15.6. The first kappa shape index (κ1) is 16.3. The maximum Gasteiger partial charge on any atom is 0.263 e. The van der Waals surface area contributed by atoms with E-state index in [4.69, 9.17) is 23.2 Å². The molecule has 110 valence electrons. The van der Waals surface area contributed by atoms with Crippen LogP contribution in [0.15, 0.2) is 45.8 Å². The highest BCUT2D eigenvalue weighted by molar-refractivity contribution is 9.10. The quantitative estimate of drug-likeness (QED) is 0.764. The zero-order valence-electron chi connectivity index (χ0n) is 10.3. The van der Waals surface area contributed by atoms with Crippen LogP contribution in [0.2, 0.25) is 10.0 Å². The van der Waals surface area contributed by atoms with Crippen molar-refractivity contribution in [1.29, 1.82) is 0 Å². The molecule has 0 amide bonds. The van der Waals surface area contributed by atoms with Gasteiger partial charge in [-0.1, -0.05) is 45.2 Å². The summed E-state index contributed by atoms with van der Waals surface area (Å²) in [6, 6.07) is 8.83. The number of halogens is 3. The molecule has 0 aliphatic rings. The van der Waals surface area contributed by atoms with Crippen LogP contribution in [0.1, 0.15) is 10.4 Å². The first-order chi connectivity index (χ1) is 9.83. The number of nitrogens with one attached hydrogen (secondary N) is 1. The smallest absolute Gasteiger partial charge is 0.263 e. The van der Waals surface area contributed by atoms with Crippen LogP contribution in [0, 0.1) is 0 Å². The van der Waals surface area contributed by atoms with Crippen molar-refractivity contribution < 1.29 is 13.2 Å². The predicted molar refractivity (Wildman–Crippen MR) is 86.8 cm³/mol. The third-order valence-electron chi connectivity index (χ3n) is 2.51. The molecule has 0 radical (unpaired) electrons. The van der Waals surface area contributed by atoms with Gasteiger partial charge in [0.1, 0.15) is 11.2 Å². The fourth-order valence-corrected chi connectivity index (χ4v) is 3.95. The van der Waals surface area contributed by atoms with E-state index in [0.29, 0.717) is 16.3 Å². The highest BCUT2D eigenvalue weighted by Crippen LogP contribution is 2.30. The molecule has 0 aliphatic heterocycles.